The molecule has 0 N–H and O–H groups in total. The fraction of sp³-hybridized carbons (Fsp3) is 0.692. The summed E-state index contributed by atoms with van der Waals surface area (Å²) in [5, 5.41) is 0. The van der Waals surface area contributed by atoms with Crippen molar-refractivity contribution < 1.29 is 4.74 Å². The highest BCUT2D eigenvalue weighted by molar-refractivity contribution is 5.26. The molecule has 1 heteroatoms. The van der Waals surface area contributed by atoms with Gasteiger partial charge in [-0.3, -0.25) is 0 Å². The minimum absolute atomic E-state index is 0.517. The number of aryl methyl sites for hydroxylation is 1. The van der Waals surface area contributed by atoms with Gasteiger partial charge in [0, 0.05) is 5.92 Å². The predicted octanol–water partition coefficient (Wildman–Crippen LogP) is 7.45. The largest absolute Gasteiger partial charge is 0.378 e. The molecule has 3 rings (SSSR count). The average molecular weight is 369 g/mol. The van der Waals surface area contributed by atoms with Crippen molar-refractivity contribution >= 4 is 0 Å². The van der Waals surface area contributed by atoms with E-state index in [0.717, 1.165) is 18.4 Å². The van der Waals surface area contributed by atoms with Gasteiger partial charge in [-0.1, -0.05) is 63.1 Å². The van der Waals surface area contributed by atoms with Gasteiger partial charge >= 0.3 is 0 Å². The molecule has 1 aromatic rings. The van der Waals surface area contributed by atoms with Crippen LogP contribution in [-0.2, 0) is 11.2 Å². The highest BCUT2D eigenvalue weighted by Gasteiger charge is 2.22. The maximum Gasteiger partial charge on any atom is 0.0573 e. The summed E-state index contributed by atoms with van der Waals surface area (Å²) in [7, 11) is 0. The third-order valence-electron chi connectivity index (χ3n) is 6.81. The van der Waals surface area contributed by atoms with Crippen LogP contribution in [0.25, 0.3) is 0 Å². The van der Waals surface area contributed by atoms with Gasteiger partial charge in [0.1, 0.15) is 0 Å². The molecule has 0 amide bonds. The SMILES string of the molecule is CCCCCc1ccc(C2CCC(/C=C/C3CCC(CC)OC3)CC2)cc1. The van der Waals surface area contributed by atoms with Crippen molar-refractivity contribution in [2.24, 2.45) is 11.8 Å². The number of allylic oxidation sites excluding steroid dienone is 1. The zero-order valence-corrected chi connectivity index (χ0v) is 17.7. The first-order valence-electron chi connectivity index (χ1n) is 11.7. The Kier molecular flexibility index (Phi) is 8.45. The van der Waals surface area contributed by atoms with Crippen LogP contribution in [0.3, 0.4) is 0 Å². The maximum atomic E-state index is 5.94. The Labute approximate surface area is 167 Å². The molecule has 0 aromatic heterocycles. The Balaban J connectivity index is 1.40. The minimum atomic E-state index is 0.517. The molecule has 1 aliphatic carbocycles. The first-order valence-corrected chi connectivity index (χ1v) is 11.7. The number of hydrogen-bond acceptors (Lipinski definition) is 1. The lowest BCUT2D eigenvalue weighted by Gasteiger charge is -2.29. The zero-order chi connectivity index (χ0) is 18.9. The first kappa shape index (κ1) is 20.6. The summed E-state index contributed by atoms with van der Waals surface area (Å²) in [6, 6.07) is 9.57. The van der Waals surface area contributed by atoms with Crippen LogP contribution in [0.4, 0.5) is 0 Å². The van der Waals surface area contributed by atoms with E-state index in [0.29, 0.717) is 12.0 Å². The van der Waals surface area contributed by atoms with Crippen molar-refractivity contribution in [2.45, 2.75) is 96.5 Å². The molecular weight excluding hydrogens is 328 g/mol. The summed E-state index contributed by atoms with van der Waals surface area (Å²) in [5.41, 5.74) is 3.09. The molecule has 1 saturated carbocycles. The summed E-state index contributed by atoms with van der Waals surface area (Å²) < 4.78 is 5.94. The molecule has 1 aliphatic heterocycles. The van der Waals surface area contributed by atoms with Gasteiger partial charge in [-0.15, -0.1) is 0 Å². The van der Waals surface area contributed by atoms with Gasteiger partial charge in [0.2, 0.25) is 0 Å². The van der Waals surface area contributed by atoms with Crippen LogP contribution in [0.1, 0.15) is 95.1 Å². The Morgan fingerprint density at radius 3 is 2.19 bits per heavy atom. The molecule has 27 heavy (non-hydrogen) atoms. The van der Waals surface area contributed by atoms with Crippen LogP contribution in [0.15, 0.2) is 36.4 Å². The molecule has 2 atom stereocenters. The molecule has 1 aromatic carbocycles. The van der Waals surface area contributed by atoms with E-state index in [2.05, 4.69) is 50.3 Å². The molecule has 1 heterocycles. The fourth-order valence-corrected chi connectivity index (χ4v) is 4.79. The molecule has 150 valence electrons. The molecular formula is C26H40O. The molecule has 2 unspecified atom stereocenters. The standard InChI is InChI=1S/C26H40O/c1-3-5-6-7-21-10-15-24(16-11-21)25-17-12-22(13-18-25)8-9-23-14-19-26(4-2)27-20-23/h8-11,15-16,22-23,25-26H,3-7,12-14,17-20H2,1-2H3/b9-8+. The second-order valence-corrected chi connectivity index (χ2v) is 8.90. The van der Waals surface area contributed by atoms with Gasteiger partial charge in [-0.25, -0.2) is 0 Å². The lowest BCUT2D eigenvalue weighted by atomic mass is 9.78. The number of ether oxygens (including phenoxy) is 1. The summed E-state index contributed by atoms with van der Waals surface area (Å²) in [4.78, 5) is 0. The molecule has 1 nitrogen and oxygen atoms in total. The van der Waals surface area contributed by atoms with E-state index in [1.807, 2.05) is 0 Å². The minimum Gasteiger partial charge on any atom is -0.378 e. The maximum absolute atomic E-state index is 5.94. The van der Waals surface area contributed by atoms with E-state index in [9.17, 15) is 0 Å². The zero-order valence-electron chi connectivity index (χ0n) is 17.7. The third kappa shape index (κ3) is 6.49. The van der Waals surface area contributed by atoms with Crippen molar-refractivity contribution in [2.75, 3.05) is 6.61 Å². The topological polar surface area (TPSA) is 9.23 Å². The average Bonchev–Trinajstić information content (AvgIpc) is 2.74. The van der Waals surface area contributed by atoms with E-state index >= 15 is 0 Å². The van der Waals surface area contributed by atoms with Crippen molar-refractivity contribution in [1.82, 2.24) is 0 Å². The smallest absolute Gasteiger partial charge is 0.0573 e. The number of hydrogen-bond donors (Lipinski definition) is 0. The van der Waals surface area contributed by atoms with Gasteiger partial charge in [0.05, 0.1) is 12.7 Å². The van der Waals surface area contributed by atoms with Crippen molar-refractivity contribution in [3.8, 4) is 0 Å². The quantitative estimate of drug-likeness (QED) is 0.342. The van der Waals surface area contributed by atoms with Crippen molar-refractivity contribution in [3.05, 3.63) is 47.5 Å². The molecule has 2 fully saturated rings. The normalized spacial score (nSPS) is 29.3. The van der Waals surface area contributed by atoms with Gasteiger partial charge in [0.15, 0.2) is 0 Å². The molecule has 1 saturated heterocycles. The second kappa shape index (κ2) is 11.1. The molecule has 2 aliphatic rings. The van der Waals surface area contributed by atoms with E-state index in [1.165, 1.54) is 76.2 Å². The van der Waals surface area contributed by atoms with Gasteiger partial charge in [-0.2, -0.15) is 0 Å². The number of unbranched alkanes of at least 4 members (excludes halogenated alkanes) is 2. The van der Waals surface area contributed by atoms with Crippen LogP contribution >= 0.6 is 0 Å². The van der Waals surface area contributed by atoms with Crippen molar-refractivity contribution in [1.29, 1.82) is 0 Å². The van der Waals surface area contributed by atoms with Crippen LogP contribution in [0, 0.1) is 11.8 Å². The number of benzene rings is 1. The predicted molar refractivity (Wildman–Crippen MR) is 116 cm³/mol. The van der Waals surface area contributed by atoms with Crippen LogP contribution < -0.4 is 0 Å². The van der Waals surface area contributed by atoms with Gasteiger partial charge in [-0.05, 0) is 80.8 Å². The van der Waals surface area contributed by atoms with Gasteiger partial charge < -0.3 is 4.74 Å². The summed E-state index contributed by atoms with van der Waals surface area (Å²) in [6.07, 6.45) is 19.9. The van der Waals surface area contributed by atoms with Crippen molar-refractivity contribution in [3.63, 3.8) is 0 Å². The van der Waals surface area contributed by atoms with Gasteiger partial charge in [0.25, 0.3) is 0 Å². The number of rotatable bonds is 8. The third-order valence-corrected chi connectivity index (χ3v) is 6.81. The van der Waals surface area contributed by atoms with E-state index < -0.39 is 0 Å². The fourth-order valence-electron chi connectivity index (χ4n) is 4.79. The highest BCUT2D eigenvalue weighted by Crippen LogP contribution is 2.37. The van der Waals surface area contributed by atoms with E-state index in [-0.39, 0.29) is 0 Å². The Bertz CT molecular complexity index is 542. The van der Waals surface area contributed by atoms with Crippen LogP contribution in [0.2, 0.25) is 0 Å². The Hall–Kier alpha value is -1.08. The Morgan fingerprint density at radius 2 is 1.56 bits per heavy atom. The molecule has 0 spiro atoms. The van der Waals surface area contributed by atoms with E-state index in [1.54, 1.807) is 5.56 Å². The lowest BCUT2D eigenvalue weighted by molar-refractivity contribution is -0.00550. The first-order chi connectivity index (χ1) is 13.3. The highest BCUT2D eigenvalue weighted by atomic mass is 16.5. The molecule has 0 bridgehead atoms. The second-order valence-electron chi connectivity index (χ2n) is 8.90. The summed E-state index contributed by atoms with van der Waals surface area (Å²) in [6.45, 7) is 5.45. The monoisotopic (exact) mass is 368 g/mol. The lowest BCUT2D eigenvalue weighted by Crippen LogP contribution is -2.24. The summed E-state index contributed by atoms with van der Waals surface area (Å²) >= 11 is 0. The van der Waals surface area contributed by atoms with Crippen LogP contribution in [0.5, 0.6) is 0 Å². The van der Waals surface area contributed by atoms with Crippen LogP contribution in [-0.4, -0.2) is 12.7 Å². The summed E-state index contributed by atoms with van der Waals surface area (Å²) in [5.74, 6) is 2.23. The Morgan fingerprint density at radius 1 is 0.852 bits per heavy atom. The molecule has 0 radical (unpaired) electrons. The van der Waals surface area contributed by atoms with E-state index in [4.69, 9.17) is 4.74 Å².